The van der Waals surface area contributed by atoms with Gasteiger partial charge in [0.1, 0.15) is 6.04 Å². The van der Waals surface area contributed by atoms with E-state index in [4.69, 9.17) is 11.6 Å². The predicted molar refractivity (Wildman–Crippen MR) is 128 cm³/mol. The molecule has 2 aliphatic heterocycles. The van der Waals surface area contributed by atoms with Crippen LogP contribution < -0.4 is 5.32 Å². The second-order valence-electron chi connectivity index (χ2n) is 8.93. The molecule has 0 aromatic heterocycles. The molecule has 2 heterocycles. The van der Waals surface area contributed by atoms with Crippen LogP contribution in [0.3, 0.4) is 0 Å². The zero-order valence-corrected chi connectivity index (χ0v) is 19.7. The van der Waals surface area contributed by atoms with Crippen LogP contribution >= 0.6 is 11.6 Å². The number of piperidine rings is 1. The number of rotatable bonds is 5. The maximum Gasteiger partial charge on any atom is 0.253 e. The number of nitrogens with one attached hydrogen (secondary N) is 1. The number of likely N-dealkylation sites (tertiary alicyclic amines) is 2. The lowest BCUT2D eigenvalue weighted by atomic mass is 9.87. The van der Waals surface area contributed by atoms with Gasteiger partial charge in [0.25, 0.3) is 11.8 Å². The van der Waals surface area contributed by atoms with E-state index in [0.29, 0.717) is 42.1 Å². The number of nitrogens with zero attached hydrogens (tertiary/aromatic N) is 2. The highest BCUT2D eigenvalue weighted by atomic mass is 35.5. The van der Waals surface area contributed by atoms with Crippen LogP contribution in [-0.4, -0.2) is 59.7 Å². The zero-order chi connectivity index (χ0) is 23.4. The van der Waals surface area contributed by atoms with Gasteiger partial charge in [0.15, 0.2) is 0 Å². The van der Waals surface area contributed by atoms with Crippen LogP contribution in [0.25, 0.3) is 0 Å². The quantitative estimate of drug-likeness (QED) is 0.724. The summed E-state index contributed by atoms with van der Waals surface area (Å²) in [5, 5.41) is 3.65. The van der Waals surface area contributed by atoms with Crippen molar-refractivity contribution >= 4 is 29.3 Å². The number of amides is 3. The topological polar surface area (TPSA) is 69.7 Å². The van der Waals surface area contributed by atoms with E-state index in [-0.39, 0.29) is 23.6 Å². The number of carbonyl (C=O) groups excluding carboxylic acids is 3. The monoisotopic (exact) mass is 467 g/mol. The Morgan fingerprint density at radius 3 is 2.18 bits per heavy atom. The number of benzene rings is 2. The Bertz CT molecular complexity index is 1010. The first kappa shape index (κ1) is 23.3. The van der Waals surface area contributed by atoms with Crippen molar-refractivity contribution in [2.75, 3.05) is 26.2 Å². The number of halogens is 1. The summed E-state index contributed by atoms with van der Waals surface area (Å²) < 4.78 is 0. The molecule has 3 amide bonds. The van der Waals surface area contributed by atoms with Gasteiger partial charge in [0.2, 0.25) is 5.91 Å². The molecule has 2 aromatic carbocycles. The van der Waals surface area contributed by atoms with E-state index >= 15 is 0 Å². The average Bonchev–Trinajstić information content (AvgIpc) is 3.38. The van der Waals surface area contributed by atoms with Gasteiger partial charge in [0, 0.05) is 42.3 Å². The van der Waals surface area contributed by atoms with Crippen molar-refractivity contribution in [2.45, 2.75) is 38.6 Å². The Hall–Kier alpha value is -2.86. The van der Waals surface area contributed by atoms with Crippen molar-refractivity contribution in [2.24, 2.45) is 5.92 Å². The predicted octanol–water partition coefficient (Wildman–Crippen LogP) is 3.92. The molecule has 7 heteroatoms. The Balaban J connectivity index is 1.46. The molecule has 0 aliphatic carbocycles. The lowest BCUT2D eigenvalue weighted by Crippen LogP contribution is -2.54. The summed E-state index contributed by atoms with van der Waals surface area (Å²) in [6, 6.07) is 13.7. The molecule has 0 unspecified atom stereocenters. The minimum Gasteiger partial charge on any atom is -0.341 e. The van der Waals surface area contributed by atoms with Gasteiger partial charge >= 0.3 is 0 Å². The van der Waals surface area contributed by atoms with E-state index in [0.717, 1.165) is 31.5 Å². The molecule has 1 atom stereocenters. The third-order valence-electron chi connectivity index (χ3n) is 6.75. The van der Waals surface area contributed by atoms with Crippen molar-refractivity contribution in [3.8, 4) is 0 Å². The van der Waals surface area contributed by atoms with E-state index in [1.807, 2.05) is 34.9 Å². The fourth-order valence-electron chi connectivity index (χ4n) is 4.77. The van der Waals surface area contributed by atoms with Crippen LogP contribution in [0.5, 0.6) is 0 Å². The maximum absolute atomic E-state index is 13.4. The highest BCUT2D eigenvalue weighted by Crippen LogP contribution is 2.25. The molecule has 0 saturated carbocycles. The van der Waals surface area contributed by atoms with E-state index in [1.165, 1.54) is 0 Å². The Morgan fingerprint density at radius 2 is 1.55 bits per heavy atom. The van der Waals surface area contributed by atoms with Crippen molar-refractivity contribution in [1.29, 1.82) is 0 Å². The van der Waals surface area contributed by atoms with Crippen molar-refractivity contribution < 1.29 is 14.4 Å². The van der Waals surface area contributed by atoms with E-state index in [1.54, 1.807) is 30.3 Å². The van der Waals surface area contributed by atoms with Gasteiger partial charge in [-0.15, -0.1) is 0 Å². The summed E-state index contributed by atoms with van der Waals surface area (Å²) in [6.45, 7) is 4.48. The third kappa shape index (κ3) is 5.38. The fourth-order valence-corrected chi connectivity index (χ4v) is 4.90. The first-order valence-corrected chi connectivity index (χ1v) is 12.0. The van der Waals surface area contributed by atoms with Crippen molar-refractivity contribution in [1.82, 2.24) is 15.1 Å². The molecular weight excluding hydrogens is 438 g/mol. The van der Waals surface area contributed by atoms with Gasteiger partial charge in [-0.1, -0.05) is 29.8 Å². The molecule has 0 bridgehead atoms. The summed E-state index contributed by atoms with van der Waals surface area (Å²) in [7, 11) is 0. The highest BCUT2D eigenvalue weighted by molar-refractivity contribution is 6.30. The lowest BCUT2D eigenvalue weighted by molar-refractivity contribution is -0.134. The van der Waals surface area contributed by atoms with Gasteiger partial charge in [-0.3, -0.25) is 14.4 Å². The van der Waals surface area contributed by atoms with Crippen molar-refractivity contribution in [3.63, 3.8) is 0 Å². The second kappa shape index (κ2) is 10.4. The standard InChI is InChI=1S/C26H30ClN3O3/c1-18-6-2-3-7-22(18)24(31)28-23(26(33)29-14-4-5-15-29)19-12-16-30(17-13-19)25(32)20-8-10-21(27)11-9-20/h2-3,6-11,19,23H,4-5,12-17H2,1H3,(H,28,31)/t23-/m0/s1. The molecule has 6 nitrogen and oxygen atoms in total. The number of carbonyl (C=O) groups is 3. The third-order valence-corrected chi connectivity index (χ3v) is 7.00. The van der Waals surface area contributed by atoms with Crippen LogP contribution in [0.15, 0.2) is 48.5 Å². The molecule has 0 spiro atoms. The molecule has 4 rings (SSSR count). The van der Waals surface area contributed by atoms with Crippen LogP contribution in [-0.2, 0) is 4.79 Å². The highest BCUT2D eigenvalue weighted by Gasteiger charge is 2.37. The van der Waals surface area contributed by atoms with Crippen LogP contribution in [0.2, 0.25) is 5.02 Å². The normalized spacial score (nSPS) is 17.6. The van der Waals surface area contributed by atoms with Gasteiger partial charge < -0.3 is 15.1 Å². The smallest absolute Gasteiger partial charge is 0.253 e. The number of hydrogen-bond acceptors (Lipinski definition) is 3. The molecule has 174 valence electrons. The first-order chi connectivity index (χ1) is 15.9. The zero-order valence-electron chi connectivity index (χ0n) is 18.9. The summed E-state index contributed by atoms with van der Waals surface area (Å²) in [5.74, 6) is -0.265. The lowest BCUT2D eigenvalue weighted by Gasteiger charge is -2.37. The van der Waals surface area contributed by atoms with Crippen molar-refractivity contribution in [3.05, 3.63) is 70.2 Å². The van der Waals surface area contributed by atoms with Crippen LogP contribution in [0, 0.1) is 12.8 Å². The van der Waals surface area contributed by atoms with Gasteiger partial charge in [-0.2, -0.15) is 0 Å². The van der Waals surface area contributed by atoms with E-state index in [2.05, 4.69) is 5.32 Å². The summed E-state index contributed by atoms with van der Waals surface area (Å²) >= 11 is 5.94. The molecule has 2 aliphatic rings. The first-order valence-electron chi connectivity index (χ1n) is 11.6. The van der Waals surface area contributed by atoms with Gasteiger partial charge in [-0.05, 0) is 74.4 Å². The molecule has 2 saturated heterocycles. The van der Waals surface area contributed by atoms with Crippen LogP contribution in [0.4, 0.5) is 0 Å². The number of hydrogen-bond donors (Lipinski definition) is 1. The molecule has 33 heavy (non-hydrogen) atoms. The largest absolute Gasteiger partial charge is 0.341 e. The van der Waals surface area contributed by atoms with Gasteiger partial charge in [-0.25, -0.2) is 0 Å². The Morgan fingerprint density at radius 1 is 0.909 bits per heavy atom. The summed E-state index contributed by atoms with van der Waals surface area (Å²) in [6.07, 6.45) is 3.33. The molecule has 1 N–H and O–H groups in total. The Kier molecular flexibility index (Phi) is 7.33. The minimum absolute atomic E-state index is 0.00286. The van der Waals surface area contributed by atoms with Gasteiger partial charge in [0.05, 0.1) is 0 Å². The average molecular weight is 468 g/mol. The number of aryl methyl sites for hydroxylation is 1. The molecular formula is C26H30ClN3O3. The molecule has 2 aromatic rings. The van der Waals surface area contributed by atoms with E-state index < -0.39 is 6.04 Å². The van der Waals surface area contributed by atoms with E-state index in [9.17, 15) is 14.4 Å². The summed E-state index contributed by atoms with van der Waals surface area (Å²) in [4.78, 5) is 43.0. The maximum atomic E-state index is 13.4. The molecule has 0 radical (unpaired) electrons. The Labute approximate surface area is 199 Å². The molecule has 2 fully saturated rings. The summed E-state index contributed by atoms with van der Waals surface area (Å²) in [5.41, 5.74) is 2.08. The second-order valence-corrected chi connectivity index (χ2v) is 9.37. The van der Waals surface area contributed by atoms with Crippen LogP contribution in [0.1, 0.15) is 52.0 Å². The fraction of sp³-hybridized carbons (Fsp3) is 0.423. The minimum atomic E-state index is -0.581. The SMILES string of the molecule is Cc1ccccc1C(=O)N[C@H](C(=O)N1CCCC1)C1CCN(C(=O)c2ccc(Cl)cc2)CC1.